The number of H-pyrrole nitrogens is 1. The number of aromatic amines is 1. The number of hydrogen-bond acceptors (Lipinski definition) is 7. The molecule has 7 nitrogen and oxygen atoms in total. The van der Waals surface area contributed by atoms with E-state index in [1.54, 1.807) is 11.3 Å². The average molecular weight is 698 g/mol. The Bertz CT molecular complexity index is 3020. The van der Waals surface area contributed by atoms with E-state index in [9.17, 15) is 10.2 Å². The molecule has 0 fully saturated rings. The van der Waals surface area contributed by atoms with Gasteiger partial charge in [-0.15, -0.1) is 11.3 Å². The lowest BCUT2D eigenvalue weighted by Gasteiger charge is -2.23. The van der Waals surface area contributed by atoms with Crippen molar-refractivity contribution < 1.29 is 10.2 Å². The molecule has 10 rings (SSSR count). The molecule has 5 aromatic carbocycles. The number of phenolic OH excluding ortho intramolecular Hbond substituents is 2. The number of rotatable bonds is 0. The Hall–Kier alpha value is -5.86. The second-order valence-electron chi connectivity index (χ2n) is 16.0. The molecule has 0 aliphatic carbocycles. The highest BCUT2D eigenvalue weighted by molar-refractivity contribution is 7.25. The molecule has 8 heteroatoms. The Morgan fingerprint density at radius 2 is 1.08 bits per heavy atom. The van der Waals surface area contributed by atoms with Crippen LogP contribution in [0.5, 0.6) is 11.5 Å². The lowest BCUT2D eigenvalue weighted by molar-refractivity contribution is 0.487. The van der Waals surface area contributed by atoms with E-state index in [0.717, 1.165) is 53.2 Å². The normalized spacial score (nSPS) is 13.0. The molecule has 0 radical (unpaired) electrons. The zero-order valence-electron chi connectivity index (χ0n) is 29.7. The third kappa shape index (κ3) is 4.37. The van der Waals surface area contributed by atoms with Gasteiger partial charge in [0.25, 0.3) is 0 Å². The molecule has 5 heterocycles. The molecule has 0 spiro atoms. The number of nitrogens with one attached hydrogen (secondary N) is 1. The first kappa shape index (κ1) is 30.9. The summed E-state index contributed by atoms with van der Waals surface area (Å²) < 4.78 is 1.06. The summed E-state index contributed by atoms with van der Waals surface area (Å²) in [5.41, 5.74) is 7.72. The summed E-state index contributed by atoms with van der Waals surface area (Å²) in [5, 5.41) is 30.3. The Balaban J connectivity index is 1.52. The van der Waals surface area contributed by atoms with Gasteiger partial charge in [0.1, 0.15) is 22.0 Å². The monoisotopic (exact) mass is 697 g/mol. The molecule has 0 amide bonds. The summed E-state index contributed by atoms with van der Waals surface area (Å²) in [7, 11) is 0. The number of aromatic hydroxyl groups is 2. The van der Waals surface area contributed by atoms with E-state index in [1.807, 2.05) is 72.8 Å². The van der Waals surface area contributed by atoms with Crippen LogP contribution in [0, 0.1) is 0 Å². The predicted molar refractivity (Wildman–Crippen MR) is 217 cm³/mol. The van der Waals surface area contributed by atoms with Gasteiger partial charge in [0.2, 0.25) is 0 Å². The van der Waals surface area contributed by atoms with Crippen molar-refractivity contribution >= 4 is 108 Å². The molecule has 0 saturated carbocycles. The van der Waals surface area contributed by atoms with Crippen LogP contribution in [0.2, 0.25) is 0 Å². The van der Waals surface area contributed by atoms with Crippen molar-refractivity contribution in [3.8, 4) is 11.5 Å². The molecule has 10 aromatic rings. The van der Waals surface area contributed by atoms with Crippen LogP contribution in [0.25, 0.3) is 96.9 Å². The third-order valence-corrected chi connectivity index (χ3v) is 11.6. The maximum Gasteiger partial charge on any atom is 0.142 e. The van der Waals surface area contributed by atoms with Crippen LogP contribution in [0.4, 0.5) is 0 Å². The molecule has 52 heavy (non-hydrogen) atoms. The van der Waals surface area contributed by atoms with Crippen molar-refractivity contribution in [3.05, 3.63) is 96.1 Å². The van der Waals surface area contributed by atoms with Crippen molar-refractivity contribution in [2.24, 2.45) is 0 Å². The maximum atomic E-state index is 12.0. The number of para-hydroxylation sites is 2. The zero-order chi connectivity index (χ0) is 35.8. The maximum absolute atomic E-state index is 12.0. The standard InChI is InChI=1S/C44H35N5O2S/c1-43(2,3)28-19-23-20-29(44(4,5)6)40-37-32(23)36-35(28)47-41(48-36)26-11-7-9-24(38(26)50)30-17-15-21-13-14-22-16-18-31(46-34(22)33(21)45-30)25-10-8-12-27(39(25)51)42(49-37)52-40/h7-20,50-51H,1-6H3,(H,47,48). The number of nitrogens with zero attached hydrogens (tertiary/aromatic N) is 4. The smallest absolute Gasteiger partial charge is 0.142 e. The van der Waals surface area contributed by atoms with E-state index >= 15 is 0 Å². The average Bonchev–Trinajstić information content (AvgIpc) is 3.75. The van der Waals surface area contributed by atoms with Gasteiger partial charge in [-0.3, -0.25) is 0 Å². The number of imidazole rings is 1. The topological polar surface area (TPSA) is 108 Å². The fourth-order valence-corrected chi connectivity index (χ4v) is 9.09. The highest BCUT2D eigenvalue weighted by atomic mass is 32.1. The summed E-state index contributed by atoms with van der Waals surface area (Å²) in [4.78, 5) is 25.2. The molecule has 0 aliphatic rings. The van der Waals surface area contributed by atoms with Crippen LogP contribution in [0.1, 0.15) is 52.7 Å². The lowest BCUT2D eigenvalue weighted by Crippen LogP contribution is -2.13. The van der Waals surface area contributed by atoms with Gasteiger partial charge < -0.3 is 15.2 Å². The largest absolute Gasteiger partial charge is 0.507 e. The molecule has 0 aliphatic heterocycles. The second kappa shape index (κ2) is 10.4. The zero-order valence-corrected chi connectivity index (χ0v) is 30.5. The summed E-state index contributed by atoms with van der Waals surface area (Å²) in [5.74, 6) is 0.226. The first-order chi connectivity index (χ1) is 24.8. The van der Waals surface area contributed by atoms with Crippen molar-refractivity contribution in [2.45, 2.75) is 52.4 Å². The second-order valence-corrected chi connectivity index (χ2v) is 17.0. The number of phenols is 2. The van der Waals surface area contributed by atoms with Gasteiger partial charge >= 0.3 is 0 Å². The summed E-state index contributed by atoms with van der Waals surface area (Å²) in [6.07, 6.45) is 0. The van der Waals surface area contributed by atoms with Gasteiger partial charge in [-0.25, -0.2) is 19.9 Å². The predicted octanol–water partition coefficient (Wildman–Crippen LogP) is 11.6. The fraction of sp³-hybridized carbons (Fsp3) is 0.182. The summed E-state index contributed by atoms with van der Waals surface area (Å²) in [6, 6.07) is 28.0. The quantitative estimate of drug-likeness (QED) is 0.136. The minimum atomic E-state index is -0.214. The third-order valence-electron chi connectivity index (χ3n) is 10.5. The summed E-state index contributed by atoms with van der Waals surface area (Å²) in [6.45, 7) is 13.3. The van der Waals surface area contributed by atoms with Crippen LogP contribution in [-0.4, -0.2) is 35.1 Å². The number of hydrogen-bond donors (Lipinski definition) is 3. The Morgan fingerprint density at radius 1 is 0.538 bits per heavy atom. The van der Waals surface area contributed by atoms with Crippen molar-refractivity contribution in [1.29, 1.82) is 0 Å². The first-order valence-corrected chi connectivity index (χ1v) is 18.3. The van der Waals surface area contributed by atoms with Crippen LogP contribution in [-0.2, 0) is 10.8 Å². The fourth-order valence-electron chi connectivity index (χ4n) is 7.76. The van der Waals surface area contributed by atoms with Gasteiger partial charge in [0, 0.05) is 26.9 Å². The SMILES string of the molecule is CC(C)(C)c1cc2cc(C(C)(C)C)c3sc4nc3c2c2nc([nH]c12)c1cccc(c1O)c1ccc2ccc3ccc(nc3c2n1)c1cccc4c1O. The highest BCUT2D eigenvalue weighted by Crippen LogP contribution is 2.45. The molecule has 254 valence electrons. The van der Waals surface area contributed by atoms with Gasteiger partial charge in [-0.05, 0) is 75.9 Å². The van der Waals surface area contributed by atoms with E-state index in [-0.39, 0.29) is 22.3 Å². The number of aromatic nitrogens is 5. The Labute approximate surface area is 302 Å². The van der Waals surface area contributed by atoms with Gasteiger partial charge in [-0.1, -0.05) is 77.9 Å². The van der Waals surface area contributed by atoms with E-state index in [0.29, 0.717) is 49.3 Å². The van der Waals surface area contributed by atoms with Gasteiger partial charge in [0.15, 0.2) is 0 Å². The van der Waals surface area contributed by atoms with E-state index in [1.165, 1.54) is 5.56 Å². The van der Waals surface area contributed by atoms with Crippen molar-refractivity contribution in [2.75, 3.05) is 0 Å². The lowest BCUT2D eigenvalue weighted by atomic mass is 9.82. The van der Waals surface area contributed by atoms with Gasteiger partial charge in [-0.2, -0.15) is 0 Å². The molecule has 3 N–H and O–H groups in total. The molecule has 0 unspecified atom stereocenters. The van der Waals surface area contributed by atoms with Crippen LogP contribution >= 0.6 is 11.3 Å². The van der Waals surface area contributed by atoms with Gasteiger partial charge in [0.05, 0.1) is 54.1 Å². The molecule has 0 saturated heterocycles. The van der Waals surface area contributed by atoms with Crippen LogP contribution in [0.15, 0.2) is 84.9 Å². The number of thiazole rings is 1. The van der Waals surface area contributed by atoms with E-state index in [2.05, 4.69) is 58.7 Å². The first-order valence-electron chi connectivity index (χ1n) is 17.5. The molecule has 12 bridgehead atoms. The molecule has 0 atom stereocenters. The molecular formula is C44H35N5O2S. The summed E-state index contributed by atoms with van der Waals surface area (Å²) >= 11 is 1.59. The van der Waals surface area contributed by atoms with E-state index < -0.39 is 0 Å². The van der Waals surface area contributed by atoms with E-state index in [4.69, 9.17) is 19.9 Å². The van der Waals surface area contributed by atoms with Crippen molar-refractivity contribution in [3.63, 3.8) is 0 Å². The highest BCUT2D eigenvalue weighted by Gasteiger charge is 2.27. The minimum absolute atomic E-state index is 0.0962. The number of pyridine rings is 2. The molecule has 5 aromatic heterocycles. The number of fused-ring (bicyclic) bond motifs is 12. The van der Waals surface area contributed by atoms with Crippen LogP contribution < -0.4 is 0 Å². The van der Waals surface area contributed by atoms with Crippen LogP contribution in [0.3, 0.4) is 0 Å². The van der Waals surface area contributed by atoms with Crippen molar-refractivity contribution in [1.82, 2.24) is 24.9 Å². The Morgan fingerprint density at radius 3 is 1.69 bits per heavy atom. The molecular weight excluding hydrogens is 663 g/mol. The Kier molecular flexibility index (Phi) is 6.16. The number of benzene rings is 5. The minimum Gasteiger partial charge on any atom is -0.507 e.